The smallest absolute Gasteiger partial charge is 0.248 e. The molecule has 0 bridgehead atoms. The summed E-state index contributed by atoms with van der Waals surface area (Å²) in [5.74, 6) is 0.0589. The summed E-state index contributed by atoms with van der Waals surface area (Å²) in [6.07, 6.45) is 3.51. The largest absolute Gasteiger partial charge is 0.378 e. The van der Waals surface area contributed by atoms with E-state index in [9.17, 15) is 0 Å². The van der Waals surface area contributed by atoms with Crippen molar-refractivity contribution in [3.8, 4) is 0 Å². The van der Waals surface area contributed by atoms with Gasteiger partial charge in [0, 0.05) is 19.8 Å². The molecular weight excluding hydrogens is 473 g/mol. The molecule has 1 aliphatic heterocycles. The van der Waals surface area contributed by atoms with Crippen molar-refractivity contribution >= 4 is 93.2 Å². The molecule has 2 rings (SSSR count). The van der Waals surface area contributed by atoms with Gasteiger partial charge in [0.05, 0.1) is 5.70 Å². The lowest BCUT2D eigenvalue weighted by Crippen LogP contribution is -2.51. The van der Waals surface area contributed by atoms with E-state index in [1.807, 2.05) is 43.3 Å². The third-order valence-electron chi connectivity index (χ3n) is 3.62. The Balaban J connectivity index is 2.62. The Kier molecular flexibility index (Phi) is 7.40. The van der Waals surface area contributed by atoms with E-state index < -0.39 is 13.8 Å². The molecule has 1 heterocycles. The minimum absolute atomic E-state index is 0.0589. The summed E-state index contributed by atoms with van der Waals surface area (Å²) in [5.41, 5.74) is 2.36. The molecule has 1 unspecified atom stereocenters. The fraction of sp³-hybridized carbons (Fsp3) is 0.294. The first kappa shape index (κ1) is 22.7. The van der Waals surface area contributed by atoms with Gasteiger partial charge in [0.1, 0.15) is 6.34 Å². The maximum Gasteiger partial charge on any atom is 0.248 e. The molecule has 4 nitrogen and oxygen atoms in total. The predicted molar refractivity (Wildman–Crippen MR) is 121 cm³/mol. The number of nitrogens with zero attached hydrogens (tertiary/aromatic N) is 4. The number of amidine groups is 1. The molecule has 1 aromatic carbocycles. The first-order chi connectivity index (χ1) is 12.5. The van der Waals surface area contributed by atoms with Crippen molar-refractivity contribution in [2.75, 3.05) is 19.0 Å². The van der Waals surface area contributed by atoms with E-state index in [0.29, 0.717) is 5.70 Å². The Labute approximate surface area is 188 Å². The Morgan fingerprint density at radius 3 is 2.15 bits per heavy atom. The average Bonchev–Trinajstić information content (AvgIpc) is 2.57. The van der Waals surface area contributed by atoms with Gasteiger partial charge in [-0.05, 0) is 23.8 Å². The summed E-state index contributed by atoms with van der Waals surface area (Å²) in [7, 11) is 3.89. The van der Waals surface area contributed by atoms with Crippen molar-refractivity contribution in [1.29, 1.82) is 0 Å². The molecule has 27 heavy (non-hydrogen) atoms. The Hall–Kier alpha value is -0.620. The quantitative estimate of drug-likeness (QED) is 0.379. The molecule has 146 valence electrons. The summed E-state index contributed by atoms with van der Waals surface area (Å²) in [5, 5.41) is 0. The van der Waals surface area contributed by atoms with Crippen molar-refractivity contribution in [2.45, 2.75) is 13.8 Å². The van der Waals surface area contributed by atoms with E-state index >= 15 is 0 Å². The SMILES string of the molecule is C=CC=C(c1ccc(N(C)C)cc1)N1C(C(Cl)(Cl)Cl)=NC=NC1C(Cl)(Cl)Cl. The van der Waals surface area contributed by atoms with E-state index in [0.717, 1.165) is 11.3 Å². The zero-order valence-corrected chi connectivity index (χ0v) is 18.9. The van der Waals surface area contributed by atoms with E-state index in [2.05, 4.69) is 16.6 Å². The second-order valence-corrected chi connectivity index (χ2v) is 10.4. The van der Waals surface area contributed by atoms with Crippen molar-refractivity contribution < 1.29 is 0 Å². The van der Waals surface area contributed by atoms with Crippen LogP contribution in [0.25, 0.3) is 5.70 Å². The fourth-order valence-corrected chi connectivity index (χ4v) is 3.32. The van der Waals surface area contributed by atoms with E-state index in [1.54, 1.807) is 12.2 Å². The highest BCUT2D eigenvalue weighted by Crippen LogP contribution is 2.43. The van der Waals surface area contributed by atoms with Gasteiger partial charge in [-0.25, -0.2) is 9.98 Å². The summed E-state index contributed by atoms with van der Waals surface area (Å²) in [6.45, 7) is 3.75. The van der Waals surface area contributed by atoms with Gasteiger partial charge < -0.3 is 4.90 Å². The lowest BCUT2D eigenvalue weighted by atomic mass is 10.1. The van der Waals surface area contributed by atoms with E-state index in [-0.39, 0.29) is 5.84 Å². The number of hydrogen-bond donors (Lipinski definition) is 0. The number of rotatable bonds is 4. The lowest BCUT2D eigenvalue weighted by molar-refractivity contribution is 0.426. The van der Waals surface area contributed by atoms with Gasteiger partial charge in [-0.1, -0.05) is 94.4 Å². The van der Waals surface area contributed by atoms with Crippen molar-refractivity contribution in [3.63, 3.8) is 0 Å². The molecular formula is C17H16Cl6N4. The Bertz CT molecular complexity index is 772. The van der Waals surface area contributed by atoms with Crippen molar-refractivity contribution in [2.24, 2.45) is 9.98 Å². The van der Waals surface area contributed by atoms with Crippen LogP contribution in [0, 0.1) is 0 Å². The zero-order chi connectivity index (χ0) is 20.4. The summed E-state index contributed by atoms with van der Waals surface area (Å²) in [6, 6.07) is 7.68. The van der Waals surface area contributed by atoms with Crippen LogP contribution in [-0.2, 0) is 0 Å². The predicted octanol–water partition coefficient (Wildman–Crippen LogP) is 6.09. The number of halogens is 6. The van der Waals surface area contributed by atoms with E-state index in [1.165, 1.54) is 11.2 Å². The highest BCUT2D eigenvalue weighted by atomic mass is 35.6. The highest BCUT2D eigenvalue weighted by Gasteiger charge is 2.46. The number of benzene rings is 1. The van der Waals surface area contributed by atoms with Gasteiger partial charge in [-0.2, -0.15) is 0 Å². The number of anilines is 1. The van der Waals surface area contributed by atoms with Gasteiger partial charge in [0.2, 0.25) is 7.59 Å². The standard InChI is InChI=1S/C17H16Cl6N4/c1-4-5-13(11-6-8-12(9-7-11)26(2)3)27-14(16(18,19)20)24-10-25-15(27)17(21,22)23/h4-10,14H,1H2,2-3H3. The number of aliphatic imine (C=N–C) groups is 2. The molecule has 0 fully saturated rings. The molecule has 0 spiro atoms. The Morgan fingerprint density at radius 2 is 1.70 bits per heavy atom. The molecule has 1 aromatic rings. The van der Waals surface area contributed by atoms with Crippen LogP contribution in [0.5, 0.6) is 0 Å². The number of hydrogen-bond acceptors (Lipinski definition) is 4. The third kappa shape index (κ3) is 5.47. The second kappa shape index (κ2) is 8.81. The van der Waals surface area contributed by atoms with Crippen LogP contribution < -0.4 is 4.90 Å². The monoisotopic (exact) mass is 486 g/mol. The van der Waals surface area contributed by atoms with Crippen molar-refractivity contribution in [1.82, 2.24) is 4.90 Å². The van der Waals surface area contributed by atoms with Crippen LogP contribution in [0.1, 0.15) is 5.56 Å². The first-order valence-corrected chi connectivity index (χ1v) is 9.86. The van der Waals surface area contributed by atoms with Crippen LogP contribution in [0.3, 0.4) is 0 Å². The topological polar surface area (TPSA) is 31.2 Å². The lowest BCUT2D eigenvalue weighted by Gasteiger charge is -2.40. The molecule has 0 aromatic heterocycles. The normalized spacial score (nSPS) is 18.4. The number of alkyl halides is 6. The molecule has 0 radical (unpaired) electrons. The maximum atomic E-state index is 6.15. The van der Waals surface area contributed by atoms with Crippen molar-refractivity contribution in [3.05, 3.63) is 48.6 Å². The summed E-state index contributed by atoms with van der Waals surface area (Å²) in [4.78, 5) is 11.8. The maximum absolute atomic E-state index is 6.15. The van der Waals surface area contributed by atoms with Gasteiger partial charge in [0.25, 0.3) is 0 Å². The molecule has 0 saturated carbocycles. The molecule has 1 aliphatic rings. The minimum Gasteiger partial charge on any atom is -0.378 e. The van der Waals surface area contributed by atoms with Crippen LogP contribution in [0.2, 0.25) is 0 Å². The molecule has 1 atom stereocenters. The molecule has 10 heteroatoms. The zero-order valence-electron chi connectivity index (χ0n) is 14.4. The molecule has 0 amide bonds. The van der Waals surface area contributed by atoms with Gasteiger partial charge in [-0.15, -0.1) is 0 Å². The fourth-order valence-electron chi connectivity index (χ4n) is 2.44. The van der Waals surface area contributed by atoms with E-state index in [4.69, 9.17) is 69.6 Å². The molecule has 0 aliphatic carbocycles. The molecule has 0 N–H and O–H groups in total. The Morgan fingerprint density at radius 1 is 1.11 bits per heavy atom. The van der Waals surface area contributed by atoms with Crippen LogP contribution in [-0.4, -0.2) is 44.9 Å². The average molecular weight is 489 g/mol. The summed E-state index contributed by atoms with van der Waals surface area (Å²) < 4.78 is -3.68. The second-order valence-electron chi connectivity index (χ2n) is 5.73. The van der Waals surface area contributed by atoms with Crippen LogP contribution in [0.15, 0.2) is 53.0 Å². The molecule has 0 saturated heterocycles. The van der Waals surface area contributed by atoms with Crippen LogP contribution in [0.4, 0.5) is 5.69 Å². The summed E-state index contributed by atoms with van der Waals surface area (Å²) >= 11 is 36.8. The van der Waals surface area contributed by atoms with Gasteiger partial charge >= 0.3 is 0 Å². The minimum atomic E-state index is -1.87. The highest BCUT2D eigenvalue weighted by molar-refractivity contribution is 6.77. The van der Waals surface area contributed by atoms with Gasteiger partial charge in [-0.3, -0.25) is 4.90 Å². The number of allylic oxidation sites excluding steroid dienone is 2. The van der Waals surface area contributed by atoms with Gasteiger partial charge in [0.15, 0.2) is 12.0 Å². The first-order valence-electron chi connectivity index (χ1n) is 7.60. The van der Waals surface area contributed by atoms with Crippen LogP contribution >= 0.6 is 69.6 Å². The third-order valence-corrected chi connectivity index (χ3v) is 4.71.